The zero-order valence-electron chi connectivity index (χ0n) is 18.1. The van der Waals surface area contributed by atoms with Gasteiger partial charge in [-0.25, -0.2) is 9.18 Å². The van der Waals surface area contributed by atoms with Crippen LogP contribution in [-0.2, 0) is 13.1 Å². The summed E-state index contributed by atoms with van der Waals surface area (Å²) in [6, 6.07) is 17.1. The summed E-state index contributed by atoms with van der Waals surface area (Å²) >= 11 is 0. The van der Waals surface area contributed by atoms with Gasteiger partial charge in [-0.2, -0.15) is 9.78 Å². The summed E-state index contributed by atoms with van der Waals surface area (Å²) in [7, 11) is 1.47. The van der Waals surface area contributed by atoms with Gasteiger partial charge in [0.1, 0.15) is 11.6 Å². The molecular formula is C24H20FN5O4. The summed E-state index contributed by atoms with van der Waals surface area (Å²) in [6.07, 6.45) is 1.58. The molecule has 2 heterocycles. The van der Waals surface area contributed by atoms with Gasteiger partial charge in [0, 0.05) is 12.3 Å². The van der Waals surface area contributed by atoms with Crippen molar-refractivity contribution in [1.29, 1.82) is 0 Å². The fourth-order valence-electron chi connectivity index (χ4n) is 3.24. The molecule has 0 aliphatic carbocycles. The molecule has 4 rings (SSSR count). The number of hydrogen-bond donors (Lipinski definition) is 1. The molecule has 2 aromatic heterocycles. The van der Waals surface area contributed by atoms with Crippen LogP contribution in [0, 0.1) is 5.82 Å². The summed E-state index contributed by atoms with van der Waals surface area (Å²) in [5.41, 5.74) is -0.709. The van der Waals surface area contributed by atoms with Crippen LogP contribution in [0.15, 0.2) is 82.5 Å². The number of carbonyl (C=O) groups excluding carboxylic acids is 1. The number of nitrogens with one attached hydrogen (secondary N) is 1. The van der Waals surface area contributed by atoms with Gasteiger partial charge in [-0.15, -0.1) is 0 Å². The van der Waals surface area contributed by atoms with Gasteiger partial charge >= 0.3 is 5.69 Å². The lowest BCUT2D eigenvalue weighted by Gasteiger charge is -2.13. The van der Waals surface area contributed by atoms with Crippen molar-refractivity contribution >= 4 is 5.91 Å². The SMILES string of the molecule is COc1cccc(-n2nc(C(=O)NCc3ccccn3)c(=O)n(Cc3ccc(F)cc3)c2=O)c1. The Hall–Kier alpha value is -4.60. The molecule has 1 N–H and O–H groups in total. The maximum Gasteiger partial charge on any atom is 0.352 e. The Morgan fingerprint density at radius 3 is 2.56 bits per heavy atom. The topological polar surface area (TPSA) is 108 Å². The van der Waals surface area contributed by atoms with Gasteiger partial charge in [0.2, 0.25) is 5.69 Å². The van der Waals surface area contributed by atoms with Crippen molar-refractivity contribution in [2.24, 2.45) is 0 Å². The second-order valence-corrected chi connectivity index (χ2v) is 7.27. The van der Waals surface area contributed by atoms with Crippen molar-refractivity contribution in [3.63, 3.8) is 0 Å². The van der Waals surface area contributed by atoms with E-state index in [1.54, 1.807) is 48.7 Å². The van der Waals surface area contributed by atoms with Crippen LogP contribution in [0.3, 0.4) is 0 Å². The maximum atomic E-state index is 13.3. The van der Waals surface area contributed by atoms with E-state index in [2.05, 4.69) is 15.4 Å². The fraction of sp³-hybridized carbons (Fsp3) is 0.125. The van der Waals surface area contributed by atoms with E-state index in [-0.39, 0.29) is 13.1 Å². The van der Waals surface area contributed by atoms with Crippen molar-refractivity contribution in [2.75, 3.05) is 7.11 Å². The minimum Gasteiger partial charge on any atom is -0.497 e. The third-order valence-electron chi connectivity index (χ3n) is 4.98. The Bertz CT molecular complexity index is 1430. The second kappa shape index (κ2) is 9.90. The first-order chi connectivity index (χ1) is 16.5. The van der Waals surface area contributed by atoms with E-state index >= 15 is 0 Å². The number of pyridine rings is 1. The average molecular weight is 461 g/mol. The Kier molecular flexibility index (Phi) is 6.58. The molecule has 0 fully saturated rings. The highest BCUT2D eigenvalue weighted by molar-refractivity contribution is 5.91. The minimum absolute atomic E-state index is 0.0665. The van der Waals surface area contributed by atoms with Gasteiger partial charge < -0.3 is 10.1 Å². The molecule has 9 nitrogen and oxygen atoms in total. The minimum atomic E-state index is -0.869. The van der Waals surface area contributed by atoms with E-state index in [1.165, 1.54) is 31.4 Å². The lowest BCUT2D eigenvalue weighted by molar-refractivity contribution is 0.0940. The first-order valence-corrected chi connectivity index (χ1v) is 10.3. The van der Waals surface area contributed by atoms with E-state index in [9.17, 15) is 18.8 Å². The number of ether oxygens (including phenoxy) is 1. The van der Waals surface area contributed by atoms with Crippen LogP contribution >= 0.6 is 0 Å². The summed E-state index contributed by atoms with van der Waals surface area (Å²) in [5, 5.41) is 6.68. The standard InChI is InChI=1S/C24H20FN5O4/c1-34-20-7-4-6-19(13-20)30-24(33)29(15-16-8-10-17(25)11-9-16)23(32)21(28-30)22(31)27-14-18-5-2-3-12-26-18/h2-13H,14-15H2,1H3,(H,27,31). The van der Waals surface area contributed by atoms with E-state index in [4.69, 9.17) is 4.74 Å². The fourth-order valence-corrected chi connectivity index (χ4v) is 3.24. The predicted molar refractivity (Wildman–Crippen MR) is 122 cm³/mol. The van der Waals surface area contributed by atoms with E-state index in [1.807, 2.05) is 0 Å². The third-order valence-corrected chi connectivity index (χ3v) is 4.98. The van der Waals surface area contributed by atoms with Crippen molar-refractivity contribution in [1.82, 2.24) is 24.6 Å². The Morgan fingerprint density at radius 2 is 1.85 bits per heavy atom. The molecule has 172 valence electrons. The van der Waals surface area contributed by atoms with Gasteiger partial charge in [0.25, 0.3) is 11.5 Å². The Morgan fingerprint density at radius 1 is 1.06 bits per heavy atom. The zero-order chi connectivity index (χ0) is 24.1. The molecule has 0 saturated carbocycles. The quantitative estimate of drug-likeness (QED) is 0.451. The van der Waals surface area contributed by atoms with E-state index < -0.39 is 28.7 Å². The van der Waals surface area contributed by atoms with Crippen LogP contribution in [0.25, 0.3) is 5.69 Å². The van der Waals surface area contributed by atoms with Crippen LogP contribution in [0.1, 0.15) is 21.7 Å². The molecule has 0 atom stereocenters. The molecule has 0 bridgehead atoms. The van der Waals surface area contributed by atoms with Crippen molar-refractivity contribution in [3.8, 4) is 11.4 Å². The molecule has 0 saturated heterocycles. The van der Waals surface area contributed by atoms with Gasteiger partial charge in [-0.3, -0.25) is 19.1 Å². The Labute approximate surface area is 193 Å². The van der Waals surface area contributed by atoms with Crippen LogP contribution in [0.4, 0.5) is 4.39 Å². The predicted octanol–water partition coefficient (Wildman–Crippen LogP) is 1.92. The van der Waals surface area contributed by atoms with Gasteiger partial charge in [-0.05, 0) is 42.0 Å². The second-order valence-electron chi connectivity index (χ2n) is 7.27. The van der Waals surface area contributed by atoms with Crippen LogP contribution in [-0.4, -0.2) is 32.3 Å². The largest absolute Gasteiger partial charge is 0.497 e. The molecule has 1 amide bonds. The number of nitrogens with zero attached hydrogens (tertiary/aromatic N) is 4. The molecule has 34 heavy (non-hydrogen) atoms. The smallest absolute Gasteiger partial charge is 0.352 e. The number of aromatic nitrogens is 4. The molecule has 0 aliphatic heterocycles. The summed E-state index contributed by atoms with van der Waals surface area (Å²) in [5.74, 6) is -0.752. The third kappa shape index (κ3) is 4.90. The lowest BCUT2D eigenvalue weighted by atomic mass is 10.2. The maximum absolute atomic E-state index is 13.3. The molecule has 0 radical (unpaired) electrons. The van der Waals surface area contributed by atoms with Crippen molar-refractivity contribution < 1.29 is 13.9 Å². The van der Waals surface area contributed by atoms with E-state index in [0.29, 0.717) is 22.7 Å². The first kappa shape index (κ1) is 22.6. The molecule has 0 spiro atoms. The first-order valence-electron chi connectivity index (χ1n) is 10.3. The number of halogens is 1. The lowest BCUT2D eigenvalue weighted by Crippen LogP contribution is -2.46. The Balaban J connectivity index is 1.79. The number of benzene rings is 2. The monoisotopic (exact) mass is 461 g/mol. The van der Waals surface area contributed by atoms with Crippen molar-refractivity contribution in [2.45, 2.75) is 13.1 Å². The molecular weight excluding hydrogens is 441 g/mol. The highest BCUT2D eigenvalue weighted by Crippen LogP contribution is 2.14. The van der Waals surface area contributed by atoms with Crippen LogP contribution in [0.5, 0.6) is 5.75 Å². The van der Waals surface area contributed by atoms with Crippen molar-refractivity contribution in [3.05, 3.63) is 117 Å². The number of hydrogen-bond acceptors (Lipinski definition) is 6. The summed E-state index contributed by atoms with van der Waals surface area (Å²) in [6.45, 7) is -0.109. The van der Waals surface area contributed by atoms with Gasteiger partial charge in [0.05, 0.1) is 31.6 Å². The molecule has 10 heteroatoms. The molecule has 2 aromatic carbocycles. The highest BCUT2D eigenvalue weighted by atomic mass is 19.1. The normalized spacial score (nSPS) is 10.6. The van der Waals surface area contributed by atoms with Gasteiger partial charge in [0.15, 0.2) is 0 Å². The van der Waals surface area contributed by atoms with E-state index in [0.717, 1.165) is 9.25 Å². The molecule has 4 aromatic rings. The van der Waals surface area contributed by atoms with Gasteiger partial charge in [-0.1, -0.05) is 24.3 Å². The summed E-state index contributed by atoms with van der Waals surface area (Å²) < 4.78 is 20.4. The van der Waals surface area contributed by atoms with Crippen LogP contribution in [0.2, 0.25) is 0 Å². The zero-order valence-corrected chi connectivity index (χ0v) is 18.1. The number of amides is 1. The van der Waals surface area contributed by atoms with Crippen LogP contribution < -0.4 is 21.3 Å². The number of carbonyl (C=O) groups is 1. The summed E-state index contributed by atoms with van der Waals surface area (Å²) in [4.78, 5) is 43.4. The molecule has 0 aliphatic rings. The number of rotatable bonds is 7. The number of methoxy groups -OCH3 is 1. The average Bonchev–Trinajstić information content (AvgIpc) is 2.87. The molecule has 0 unspecified atom stereocenters. The highest BCUT2D eigenvalue weighted by Gasteiger charge is 2.21.